The fourth-order valence-electron chi connectivity index (χ4n) is 2.32. The molecule has 1 fully saturated rings. The highest BCUT2D eigenvalue weighted by Crippen LogP contribution is 2.30. The van der Waals surface area contributed by atoms with E-state index in [0.717, 1.165) is 6.08 Å². The van der Waals surface area contributed by atoms with Crippen LogP contribution in [0.1, 0.15) is 33.6 Å². The van der Waals surface area contributed by atoms with Crippen molar-refractivity contribution in [2.24, 2.45) is 0 Å². The minimum Gasteiger partial charge on any atom is -0.451 e. The Kier molecular flexibility index (Phi) is 3.54. The van der Waals surface area contributed by atoms with Crippen LogP contribution in [0.4, 0.5) is 0 Å². The maximum absolute atomic E-state index is 11.5. The maximum Gasteiger partial charge on any atom is 0.331 e. The van der Waals surface area contributed by atoms with E-state index in [0.29, 0.717) is 12.8 Å². The van der Waals surface area contributed by atoms with Gasteiger partial charge in [0.25, 0.3) is 0 Å². The van der Waals surface area contributed by atoms with Crippen molar-refractivity contribution in [1.29, 1.82) is 0 Å². The van der Waals surface area contributed by atoms with E-state index >= 15 is 0 Å². The fraction of sp³-hybridized carbons (Fsp3) is 0.692. The van der Waals surface area contributed by atoms with Gasteiger partial charge >= 0.3 is 5.97 Å². The summed E-state index contributed by atoms with van der Waals surface area (Å²) in [6.07, 6.45) is 2.74. The highest BCUT2D eigenvalue weighted by atomic mass is 16.7. The number of esters is 1. The molecule has 18 heavy (non-hydrogen) atoms. The van der Waals surface area contributed by atoms with Gasteiger partial charge in [0.05, 0.1) is 12.2 Å². The van der Waals surface area contributed by atoms with Crippen LogP contribution in [-0.4, -0.2) is 35.9 Å². The molecule has 5 heteroatoms. The first-order chi connectivity index (χ1) is 8.37. The van der Waals surface area contributed by atoms with Crippen molar-refractivity contribution in [3.05, 3.63) is 12.2 Å². The highest BCUT2D eigenvalue weighted by molar-refractivity contribution is 6.02. The second-order valence-corrected chi connectivity index (χ2v) is 5.12. The predicted molar refractivity (Wildman–Crippen MR) is 62.8 cm³/mol. The van der Waals surface area contributed by atoms with Crippen LogP contribution in [0.2, 0.25) is 0 Å². The number of ketones is 1. The molecule has 3 atom stereocenters. The molecule has 0 amide bonds. The second-order valence-electron chi connectivity index (χ2n) is 5.12. The van der Waals surface area contributed by atoms with E-state index in [4.69, 9.17) is 14.2 Å². The third kappa shape index (κ3) is 2.97. The first-order valence-electron chi connectivity index (χ1n) is 6.15. The second kappa shape index (κ2) is 4.82. The van der Waals surface area contributed by atoms with Gasteiger partial charge in [0.15, 0.2) is 17.7 Å². The smallest absolute Gasteiger partial charge is 0.331 e. The van der Waals surface area contributed by atoms with Crippen LogP contribution in [-0.2, 0) is 23.8 Å². The van der Waals surface area contributed by atoms with Gasteiger partial charge in [-0.1, -0.05) is 0 Å². The van der Waals surface area contributed by atoms with Gasteiger partial charge in [0.2, 0.25) is 0 Å². The van der Waals surface area contributed by atoms with E-state index in [1.54, 1.807) is 0 Å². The van der Waals surface area contributed by atoms with E-state index in [-0.39, 0.29) is 18.0 Å². The van der Waals surface area contributed by atoms with Crippen LogP contribution in [0.3, 0.4) is 0 Å². The summed E-state index contributed by atoms with van der Waals surface area (Å²) in [5.74, 6) is -1.21. The lowest BCUT2D eigenvalue weighted by Crippen LogP contribution is -2.31. The van der Waals surface area contributed by atoms with Crippen molar-refractivity contribution in [1.82, 2.24) is 0 Å². The molecule has 0 aliphatic carbocycles. The Bertz CT molecular complexity index is 385. The van der Waals surface area contributed by atoms with Crippen molar-refractivity contribution in [3.63, 3.8) is 0 Å². The molecular weight excluding hydrogens is 236 g/mol. The monoisotopic (exact) mass is 254 g/mol. The maximum atomic E-state index is 11.5. The van der Waals surface area contributed by atoms with Crippen molar-refractivity contribution in [2.45, 2.75) is 57.7 Å². The third-order valence-corrected chi connectivity index (χ3v) is 3.10. The van der Waals surface area contributed by atoms with Crippen LogP contribution in [0.5, 0.6) is 0 Å². The van der Waals surface area contributed by atoms with Gasteiger partial charge in [-0.2, -0.15) is 0 Å². The lowest BCUT2D eigenvalue weighted by atomic mass is 10.0. The normalized spacial score (nSPS) is 34.7. The molecule has 0 bridgehead atoms. The molecule has 1 saturated heterocycles. The fourth-order valence-corrected chi connectivity index (χ4v) is 2.32. The molecule has 2 aliphatic rings. The van der Waals surface area contributed by atoms with Gasteiger partial charge in [-0.25, -0.2) is 4.79 Å². The number of carbonyl (C=O) groups is 2. The minimum atomic E-state index is -0.679. The molecule has 0 unspecified atom stereocenters. The van der Waals surface area contributed by atoms with Gasteiger partial charge in [-0.05, 0) is 39.7 Å². The minimum absolute atomic E-state index is 0.0232. The van der Waals surface area contributed by atoms with Crippen LogP contribution >= 0.6 is 0 Å². The van der Waals surface area contributed by atoms with Crippen LogP contribution in [0, 0.1) is 0 Å². The van der Waals surface area contributed by atoms with E-state index in [9.17, 15) is 9.59 Å². The van der Waals surface area contributed by atoms with Gasteiger partial charge in [-0.15, -0.1) is 0 Å². The summed E-state index contributed by atoms with van der Waals surface area (Å²) in [7, 11) is 0. The zero-order valence-electron chi connectivity index (χ0n) is 10.8. The molecule has 0 spiro atoms. The SMILES string of the molecule is C[C@@H]1OC(C)(C)O[C@H]1CC[C@@H]1OC(=O)C=CC1=O. The standard InChI is InChI=1S/C13H18O5/c1-8-10(18-13(2,3)17-8)5-6-11-9(14)4-7-12(15)16-11/h4,7-8,10-11H,5-6H2,1-3H3/t8-,10-,11-/m0/s1. The summed E-state index contributed by atoms with van der Waals surface area (Å²) in [4.78, 5) is 22.6. The van der Waals surface area contributed by atoms with Crippen LogP contribution < -0.4 is 0 Å². The summed E-state index contributed by atoms with van der Waals surface area (Å²) in [5, 5.41) is 0. The number of ether oxygens (including phenoxy) is 3. The average molecular weight is 254 g/mol. The number of hydrogen-bond donors (Lipinski definition) is 0. The Balaban J connectivity index is 1.87. The summed E-state index contributed by atoms with van der Waals surface area (Å²) in [6.45, 7) is 5.66. The summed E-state index contributed by atoms with van der Waals surface area (Å²) >= 11 is 0. The van der Waals surface area contributed by atoms with E-state index in [1.807, 2.05) is 20.8 Å². The summed E-state index contributed by atoms with van der Waals surface area (Å²) < 4.78 is 16.3. The highest BCUT2D eigenvalue weighted by Gasteiger charge is 2.39. The lowest BCUT2D eigenvalue weighted by molar-refractivity contribution is -0.153. The van der Waals surface area contributed by atoms with Crippen LogP contribution in [0.15, 0.2) is 12.2 Å². The zero-order chi connectivity index (χ0) is 13.3. The van der Waals surface area contributed by atoms with E-state index < -0.39 is 17.9 Å². The number of cyclic esters (lactones) is 1. The van der Waals surface area contributed by atoms with E-state index in [1.165, 1.54) is 6.08 Å². The van der Waals surface area contributed by atoms with Gasteiger partial charge < -0.3 is 14.2 Å². The lowest BCUT2D eigenvalue weighted by Gasteiger charge is -2.20. The quantitative estimate of drug-likeness (QED) is 0.711. The molecule has 0 aromatic rings. The Labute approximate surface area is 106 Å². The van der Waals surface area contributed by atoms with E-state index in [2.05, 4.69) is 0 Å². The molecule has 0 saturated carbocycles. The molecule has 100 valence electrons. The molecule has 2 aliphatic heterocycles. The van der Waals surface area contributed by atoms with Crippen LogP contribution in [0.25, 0.3) is 0 Å². The first kappa shape index (κ1) is 13.2. The van der Waals surface area contributed by atoms with Crippen molar-refractivity contribution >= 4 is 11.8 Å². The predicted octanol–water partition coefficient (Wildman–Crippen LogP) is 1.36. The largest absolute Gasteiger partial charge is 0.451 e. The molecule has 5 nitrogen and oxygen atoms in total. The van der Waals surface area contributed by atoms with Gasteiger partial charge in [0.1, 0.15) is 0 Å². The Morgan fingerprint density at radius 3 is 2.50 bits per heavy atom. The zero-order valence-corrected chi connectivity index (χ0v) is 10.8. The molecular formula is C13H18O5. The topological polar surface area (TPSA) is 61.8 Å². The number of carbonyl (C=O) groups excluding carboxylic acids is 2. The van der Waals surface area contributed by atoms with Crippen molar-refractivity contribution in [3.8, 4) is 0 Å². The summed E-state index contributed by atoms with van der Waals surface area (Å²) in [6, 6.07) is 0. The Hall–Kier alpha value is -1.20. The molecule has 2 rings (SSSR count). The molecule has 0 radical (unpaired) electrons. The van der Waals surface area contributed by atoms with Crippen molar-refractivity contribution in [2.75, 3.05) is 0 Å². The molecule has 0 aromatic heterocycles. The molecule has 0 aromatic carbocycles. The summed E-state index contributed by atoms with van der Waals surface area (Å²) in [5.41, 5.74) is 0. The average Bonchev–Trinajstić information content (AvgIpc) is 2.53. The Morgan fingerprint density at radius 2 is 1.89 bits per heavy atom. The molecule has 0 N–H and O–H groups in total. The van der Waals surface area contributed by atoms with Crippen molar-refractivity contribution < 1.29 is 23.8 Å². The molecule has 2 heterocycles. The first-order valence-corrected chi connectivity index (χ1v) is 6.15. The Morgan fingerprint density at radius 1 is 1.17 bits per heavy atom. The van der Waals surface area contributed by atoms with Gasteiger partial charge in [0, 0.05) is 6.08 Å². The third-order valence-electron chi connectivity index (χ3n) is 3.10. The number of hydrogen-bond acceptors (Lipinski definition) is 5. The number of rotatable bonds is 3. The van der Waals surface area contributed by atoms with Gasteiger partial charge in [-0.3, -0.25) is 4.79 Å².